The lowest BCUT2D eigenvalue weighted by Crippen LogP contribution is -2.58. The van der Waals surface area contributed by atoms with Gasteiger partial charge in [-0.15, -0.1) is 0 Å². The molecule has 0 saturated carbocycles. The predicted molar refractivity (Wildman–Crippen MR) is 71.1 cm³/mol. The van der Waals surface area contributed by atoms with Gasteiger partial charge in [-0.2, -0.15) is 0 Å². The van der Waals surface area contributed by atoms with E-state index in [1.807, 2.05) is 0 Å². The second-order valence-electron chi connectivity index (χ2n) is 6.20. The monoisotopic (exact) mass is 254 g/mol. The molecule has 3 rings (SSSR count). The summed E-state index contributed by atoms with van der Waals surface area (Å²) in [5.74, 6) is 0.782. The Kier molecular flexibility index (Phi) is 3.86. The normalized spacial score (nSPS) is 46.0. The average molecular weight is 254 g/mol. The topological polar surface area (TPSA) is 59.6 Å². The smallest absolute Gasteiger partial charge is 0.0745 e. The maximum absolute atomic E-state index is 9.25. The second-order valence-corrected chi connectivity index (χ2v) is 6.20. The number of aliphatic hydroxyl groups is 1. The van der Waals surface area contributed by atoms with E-state index in [0.717, 1.165) is 32.1 Å². The lowest BCUT2D eigenvalue weighted by atomic mass is 9.93. The number of hydrogen-bond acceptors (Lipinski definition) is 5. The molecule has 3 saturated heterocycles. The van der Waals surface area contributed by atoms with Crippen LogP contribution in [0.25, 0.3) is 0 Å². The Hall–Kier alpha value is -0.200. The highest BCUT2D eigenvalue weighted by Gasteiger charge is 2.41. The number of aliphatic hydroxyl groups excluding tert-OH is 1. The van der Waals surface area contributed by atoms with Gasteiger partial charge in [0.05, 0.1) is 19.4 Å². The van der Waals surface area contributed by atoms with Crippen molar-refractivity contribution >= 4 is 0 Å². The fourth-order valence-corrected chi connectivity index (χ4v) is 3.78. The molecule has 0 aromatic rings. The van der Waals surface area contributed by atoms with Gasteiger partial charge in [0.25, 0.3) is 0 Å². The van der Waals surface area contributed by atoms with E-state index in [0.29, 0.717) is 18.2 Å². The molecule has 0 aliphatic carbocycles. The SMILES string of the molecule is C[C@@H]1CNC[C@@H](N2CNC3NC(CO)CCC32)C1. The molecular weight excluding hydrogens is 228 g/mol. The molecule has 3 aliphatic heterocycles. The van der Waals surface area contributed by atoms with Crippen LogP contribution in [0.1, 0.15) is 26.2 Å². The van der Waals surface area contributed by atoms with Gasteiger partial charge >= 0.3 is 0 Å². The first-order chi connectivity index (χ1) is 8.78. The van der Waals surface area contributed by atoms with E-state index in [1.54, 1.807) is 0 Å². The van der Waals surface area contributed by atoms with Gasteiger partial charge in [-0.25, -0.2) is 0 Å². The number of rotatable bonds is 2. The van der Waals surface area contributed by atoms with Crippen molar-refractivity contribution in [3.8, 4) is 0 Å². The summed E-state index contributed by atoms with van der Waals surface area (Å²) in [4.78, 5) is 2.63. The second kappa shape index (κ2) is 5.43. The van der Waals surface area contributed by atoms with E-state index < -0.39 is 0 Å². The van der Waals surface area contributed by atoms with Crippen molar-refractivity contribution in [3.05, 3.63) is 0 Å². The van der Waals surface area contributed by atoms with Gasteiger partial charge in [-0.1, -0.05) is 6.92 Å². The molecule has 104 valence electrons. The number of fused-ring (bicyclic) bond motifs is 1. The van der Waals surface area contributed by atoms with Crippen molar-refractivity contribution in [2.75, 3.05) is 26.4 Å². The van der Waals surface area contributed by atoms with Gasteiger partial charge in [0.2, 0.25) is 0 Å². The van der Waals surface area contributed by atoms with Crippen LogP contribution in [0.2, 0.25) is 0 Å². The average Bonchev–Trinajstić information content (AvgIpc) is 2.81. The van der Waals surface area contributed by atoms with Crippen molar-refractivity contribution in [1.29, 1.82) is 0 Å². The molecule has 0 bridgehead atoms. The molecule has 5 atom stereocenters. The summed E-state index contributed by atoms with van der Waals surface area (Å²) < 4.78 is 0. The van der Waals surface area contributed by atoms with Gasteiger partial charge in [0, 0.05) is 24.7 Å². The molecule has 3 fully saturated rings. The molecule has 3 heterocycles. The van der Waals surface area contributed by atoms with Gasteiger partial charge in [0.15, 0.2) is 0 Å². The van der Waals surface area contributed by atoms with Crippen LogP contribution < -0.4 is 16.0 Å². The number of hydrogen-bond donors (Lipinski definition) is 4. The van der Waals surface area contributed by atoms with E-state index >= 15 is 0 Å². The lowest BCUT2D eigenvalue weighted by Gasteiger charge is -2.41. The molecule has 18 heavy (non-hydrogen) atoms. The molecule has 4 N–H and O–H groups in total. The van der Waals surface area contributed by atoms with E-state index in [9.17, 15) is 5.11 Å². The van der Waals surface area contributed by atoms with Crippen LogP contribution in [-0.4, -0.2) is 60.7 Å². The predicted octanol–water partition coefficient (Wildman–Crippen LogP) is -0.714. The number of nitrogens with zero attached hydrogens (tertiary/aromatic N) is 1. The highest BCUT2D eigenvalue weighted by atomic mass is 16.3. The van der Waals surface area contributed by atoms with Crippen molar-refractivity contribution in [2.45, 2.75) is 50.5 Å². The Bertz CT molecular complexity index is 288. The molecule has 0 spiro atoms. The minimum absolute atomic E-state index is 0.257. The number of piperidine rings is 2. The molecule has 0 aromatic carbocycles. The summed E-state index contributed by atoms with van der Waals surface area (Å²) in [6, 6.07) is 1.55. The van der Waals surface area contributed by atoms with Gasteiger partial charge in [-0.3, -0.25) is 15.5 Å². The summed E-state index contributed by atoms with van der Waals surface area (Å²) in [5, 5.41) is 19.9. The maximum atomic E-state index is 9.25. The minimum atomic E-state index is 0.257. The molecule has 3 aliphatic rings. The molecule has 5 heteroatoms. The summed E-state index contributed by atoms with van der Waals surface area (Å²) in [6.45, 7) is 5.86. The summed E-state index contributed by atoms with van der Waals surface area (Å²) in [6.07, 6.45) is 3.96. The quantitative estimate of drug-likeness (QED) is 0.524. The first-order valence-corrected chi connectivity index (χ1v) is 7.34. The van der Waals surface area contributed by atoms with Crippen LogP contribution in [0.5, 0.6) is 0 Å². The van der Waals surface area contributed by atoms with Crippen molar-refractivity contribution < 1.29 is 5.11 Å². The molecule has 0 amide bonds. The molecule has 0 aromatic heterocycles. The van der Waals surface area contributed by atoms with Crippen LogP contribution >= 0.6 is 0 Å². The van der Waals surface area contributed by atoms with E-state index in [2.05, 4.69) is 27.8 Å². The molecule has 5 nitrogen and oxygen atoms in total. The highest BCUT2D eigenvalue weighted by Crippen LogP contribution is 2.26. The zero-order chi connectivity index (χ0) is 12.5. The van der Waals surface area contributed by atoms with Crippen LogP contribution in [0.4, 0.5) is 0 Å². The zero-order valence-corrected chi connectivity index (χ0v) is 11.2. The third kappa shape index (κ3) is 2.42. The van der Waals surface area contributed by atoms with Crippen LogP contribution in [0, 0.1) is 5.92 Å². The first kappa shape index (κ1) is 12.8. The van der Waals surface area contributed by atoms with Crippen LogP contribution in [-0.2, 0) is 0 Å². The van der Waals surface area contributed by atoms with Gasteiger partial charge in [-0.05, 0) is 31.7 Å². The fraction of sp³-hybridized carbons (Fsp3) is 1.00. The van der Waals surface area contributed by atoms with E-state index in [1.165, 1.54) is 12.8 Å². The van der Waals surface area contributed by atoms with Crippen molar-refractivity contribution in [2.24, 2.45) is 5.92 Å². The van der Waals surface area contributed by atoms with Crippen molar-refractivity contribution in [3.63, 3.8) is 0 Å². The van der Waals surface area contributed by atoms with E-state index in [4.69, 9.17) is 0 Å². The molecule has 0 radical (unpaired) electrons. The first-order valence-electron chi connectivity index (χ1n) is 7.34. The Morgan fingerprint density at radius 1 is 1.28 bits per heavy atom. The van der Waals surface area contributed by atoms with Gasteiger partial charge < -0.3 is 10.4 Å². The summed E-state index contributed by atoms with van der Waals surface area (Å²) in [7, 11) is 0. The van der Waals surface area contributed by atoms with Crippen molar-refractivity contribution in [1.82, 2.24) is 20.9 Å². The molecular formula is C13H26N4O. The van der Waals surface area contributed by atoms with E-state index in [-0.39, 0.29) is 12.6 Å². The zero-order valence-electron chi connectivity index (χ0n) is 11.2. The molecule has 3 unspecified atom stereocenters. The van der Waals surface area contributed by atoms with Gasteiger partial charge in [0.1, 0.15) is 0 Å². The fourth-order valence-electron chi connectivity index (χ4n) is 3.78. The Balaban J connectivity index is 1.62. The Morgan fingerprint density at radius 2 is 2.17 bits per heavy atom. The minimum Gasteiger partial charge on any atom is -0.395 e. The Labute approximate surface area is 109 Å². The third-order valence-electron chi connectivity index (χ3n) is 4.77. The lowest BCUT2D eigenvalue weighted by molar-refractivity contribution is 0.0927. The summed E-state index contributed by atoms with van der Waals surface area (Å²) >= 11 is 0. The maximum Gasteiger partial charge on any atom is 0.0745 e. The summed E-state index contributed by atoms with van der Waals surface area (Å²) in [5.41, 5.74) is 0. The highest BCUT2D eigenvalue weighted by molar-refractivity contribution is 4.98. The van der Waals surface area contributed by atoms with Crippen LogP contribution in [0.3, 0.4) is 0 Å². The number of nitrogens with one attached hydrogen (secondary N) is 3. The Morgan fingerprint density at radius 3 is 2.94 bits per heavy atom. The standard InChI is InChI=1S/C13H26N4O/c1-9-4-11(6-14-5-9)17-8-15-13-12(17)3-2-10(7-18)16-13/h9-16,18H,2-8H2,1H3/t9-,10?,11-,12?,13?/m0/s1. The largest absolute Gasteiger partial charge is 0.395 e. The third-order valence-corrected chi connectivity index (χ3v) is 4.77. The van der Waals surface area contributed by atoms with Crippen LogP contribution in [0.15, 0.2) is 0 Å².